The van der Waals surface area contributed by atoms with Crippen LogP contribution in [-0.4, -0.2) is 12.0 Å². The van der Waals surface area contributed by atoms with Crippen LogP contribution in [0.2, 0.25) is 0 Å². The molecule has 0 rings (SSSR count). The van der Waals surface area contributed by atoms with Crippen LogP contribution in [-0.2, 0) is 0 Å². The maximum Gasteiger partial charge on any atom is -0.00393 e. The van der Waals surface area contributed by atoms with Crippen LogP contribution in [0.3, 0.4) is 0 Å². The van der Waals surface area contributed by atoms with E-state index >= 15 is 0 Å². The van der Waals surface area contributed by atoms with Crippen molar-refractivity contribution in [1.29, 1.82) is 0 Å². The average molecular weight is 202 g/mol. The van der Waals surface area contributed by atoms with Crippen molar-refractivity contribution < 1.29 is 0 Å². The van der Waals surface area contributed by atoms with Gasteiger partial charge < -0.3 is 0 Å². The number of hydrogen-bond donors (Lipinski definition) is 0. The Kier molecular flexibility index (Phi) is 7.93. The van der Waals surface area contributed by atoms with Gasteiger partial charge in [0.05, 0.1) is 0 Å². The second-order valence-electron chi connectivity index (χ2n) is 4.08. The van der Waals surface area contributed by atoms with Gasteiger partial charge in [-0.25, -0.2) is 0 Å². The van der Waals surface area contributed by atoms with E-state index in [4.69, 9.17) is 0 Å². The molecule has 13 heavy (non-hydrogen) atoms. The minimum absolute atomic E-state index is 0.905. The van der Waals surface area contributed by atoms with Crippen LogP contribution in [0.5, 0.6) is 0 Å². The molecule has 0 nitrogen and oxygen atoms in total. The minimum Gasteiger partial charge on any atom is -0.165 e. The zero-order valence-corrected chi connectivity index (χ0v) is 10.8. The summed E-state index contributed by atoms with van der Waals surface area (Å²) in [6.07, 6.45) is 6.27. The van der Waals surface area contributed by atoms with Gasteiger partial charge >= 0.3 is 0 Å². The Labute approximate surface area is 88.9 Å². The van der Waals surface area contributed by atoms with E-state index in [9.17, 15) is 0 Å². The molecule has 0 aliphatic heterocycles. The summed E-state index contributed by atoms with van der Waals surface area (Å²) in [6, 6.07) is 0. The second kappa shape index (κ2) is 7.73. The number of rotatable bonds is 7. The second-order valence-corrected chi connectivity index (χ2v) is 4.99. The van der Waals surface area contributed by atoms with Crippen molar-refractivity contribution in [2.75, 3.05) is 12.0 Å². The highest BCUT2D eigenvalue weighted by molar-refractivity contribution is 7.98. The van der Waals surface area contributed by atoms with E-state index in [1.165, 1.54) is 25.0 Å². The van der Waals surface area contributed by atoms with E-state index in [-0.39, 0.29) is 0 Å². The predicted octanol–water partition coefficient (Wildman–Crippen LogP) is 4.45. The molecule has 0 spiro atoms. The molecule has 3 atom stereocenters. The maximum absolute atomic E-state index is 2.41. The lowest BCUT2D eigenvalue weighted by atomic mass is 9.79. The van der Waals surface area contributed by atoms with Crippen LogP contribution < -0.4 is 0 Å². The highest BCUT2D eigenvalue weighted by Gasteiger charge is 2.22. The van der Waals surface area contributed by atoms with Gasteiger partial charge in [0.2, 0.25) is 0 Å². The Morgan fingerprint density at radius 2 is 1.62 bits per heavy atom. The van der Waals surface area contributed by atoms with Gasteiger partial charge in [-0.2, -0.15) is 11.8 Å². The molecule has 0 bridgehead atoms. The van der Waals surface area contributed by atoms with Gasteiger partial charge in [0.25, 0.3) is 0 Å². The first-order valence-corrected chi connectivity index (χ1v) is 7.09. The van der Waals surface area contributed by atoms with Crippen molar-refractivity contribution in [2.45, 2.75) is 47.0 Å². The van der Waals surface area contributed by atoms with Crippen molar-refractivity contribution >= 4 is 11.8 Å². The van der Waals surface area contributed by atoms with Gasteiger partial charge in [-0.3, -0.25) is 0 Å². The SMILES string of the molecule is CCC(C)C(CC)C(CC)CSC. The van der Waals surface area contributed by atoms with Crippen molar-refractivity contribution in [3.8, 4) is 0 Å². The lowest BCUT2D eigenvalue weighted by Gasteiger charge is -2.29. The molecule has 0 aliphatic carbocycles. The molecule has 80 valence electrons. The van der Waals surface area contributed by atoms with E-state index in [0.29, 0.717) is 0 Å². The standard InChI is InChI=1S/C12H26S/c1-6-10(4)12(8-3)11(7-2)9-13-5/h10-12H,6-9H2,1-5H3. The first-order chi connectivity index (χ1) is 6.21. The van der Waals surface area contributed by atoms with Gasteiger partial charge in [-0.05, 0) is 29.8 Å². The van der Waals surface area contributed by atoms with Gasteiger partial charge in [0, 0.05) is 0 Å². The minimum atomic E-state index is 0.905. The van der Waals surface area contributed by atoms with E-state index in [0.717, 1.165) is 17.8 Å². The monoisotopic (exact) mass is 202 g/mol. The normalized spacial score (nSPS) is 18.2. The van der Waals surface area contributed by atoms with Crippen LogP contribution in [0.4, 0.5) is 0 Å². The first-order valence-electron chi connectivity index (χ1n) is 5.70. The van der Waals surface area contributed by atoms with E-state index < -0.39 is 0 Å². The molecule has 0 fully saturated rings. The molecule has 0 aromatic carbocycles. The third kappa shape index (κ3) is 4.39. The highest BCUT2D eigenvalue weighted by atomic mass is 32.2. The third-order valence-corrected chi connectivity index (χ3v) is 4.12. The Morgan fingerprint density at radius 3 is 1.92 bits per heavy atom. The molecule has 0 aromatic rings. The summed E-state index contributed by atoms with van der Waals surface area (Å²) in [7, 11) is 0. The summed E-state index contributed by atoms with van der Waals surface area (Å²) in [5.74, 6) is 4.14. The fourth-order valence-electron chi connectivity index (χ4n) is 2.26. The van der Waals surface area contributed by atoms with Crippen molar-refractivity contribution in [1.82, 2.24) is 0 Å². The van der Waals surface area contributed by atoms with Gasteiger partial charge in [0.15, 0.2) is 0 Å². The van der Waals surface area contributed by atoms with Crippen LogP contribution >= 0.6 is 11.8 Å². The van der Waals surface area contributed by atoms with Crippen LogP contribution in [0.1, 0.15) is 47.0 Å². The Balaban J connectivity index is 4.15. The maximum atomic E-state index is 2.41. The zero-order chi connectivity index (χ0) is 10.3. The van der Waals surface area contributed by atoms with Crippen LogP contribution in [0, 0.1) is 17.8 Å². The number of thioether (sulfide) groups is 1. The van der Waals surface area contributed by atoms with Crippen LogP contribution in [0.15, 0.2) is 0 Å². The average Bonchev–Trinajstić information content (AvgIpc) is 2.17. The van der Waals surface area contributed by atoms with Crippen LogP contribution in [0.25, 0.3) is 0 Å². The van der Waals surface area contributed by atoms with Gasteiger partial charge in [-0.15, -0.1) is 0 Å². The molecule has 3 unspecified atom stereocenters. The molecule has 0 N–H and O–H groups in total. The summed E-state index contributed by atoms with van der Waals surface area (Å²) in [5, 5.41) is 0. The summed E-state index contributed by atoms with van der Waals surface area (Å²) in [6.45, 7) is 9.42. The zero-order valence-electron chi connectivity index (χ0n) is 9.97. The number of hydrogen-bond acceptors (Lipinski definition) is 1. The first kappa shape index (κ1) is 13.4. The fourth-order valence-corrected chi connectivity index (χ4v) is 3.17. The Morgan fingerprint density at radius 1 is 1.00 bits per heavy atom. The Bertz CT molecular complexity index is 112. The summed E-state index contributed by atoms with van der Waals surface area (Å²) >= 11 is 2.01. The molecule has 0 aliphatic rings. The summed E-state index contributed by atoms with van der Waals surface area (Å²) in [4.78, 5) is 0. The van der Waals surface area contributed by atoms with Gasteiger partial charge in [0.1, 0.15) is 0 Å². The molecule has 0 aromatic heterocycles. The largest absolute Gasteiger partial charge is 0.165 e. The molecule has 0 radical (unpaired) electrons. The van der Waals surface area contributed by atoms with E-state index in [1.807, 2.05) is 11.8 Å². The van der Waals surface area contributed by atoms with Crippen molar-refractivity contribution in [2.24, 2.45) is 17.8 Å². The highest BCUT2D eigenvalue weighted by Crippen LogP contribution is 2.30. The van der Waals surface area contributed by atoms with E-state index in [2.05, 4.69) is 34.0 Å². The molecular formula is C12H26S. The smallest absolute Gasteiger partial charge is 0.00393 e. The summed E-state index contributed by atoms with van der Waals surface area (Å²) in [5.41, 5.74) is 0. The third-order valence-electron chi connectivity index (χ3n) is 3.36. The molecule has 0 saturated carbocycles. The molecular weight excluding hydrogens is 176 g/mol. The van der Waals surface area contributed by atoms with Crippen molar-refractivity contribution in [3.05, 3.63) is 0 Å². The van der Waals surface area contributed by atoms with Gasteiger partial charge in [-0.1, -0.05) is 47.0 Å². The fraction of sp³-hybridized carbons (Fsp3) is 1.00. The lowest BCUT2D eigenvalue weighted by Crippen LogP contribution is -2.22. The molecule has 0 amide bonds. The molecule has 0 saturated heterocycles. The van der Waals surface area contributed by atoms with E-state index in [1.54, 1.807) is 0 Å². The molecule has 1 heteroatoms. The quantitative estimate of drug-likeness (QED) is 0.588. The molecule has 0 heterocycles. The van der Waals surface area contributed by atoms with Crippen molar-refractivity contribution in [3.63, 3.8) is 0 Å². The Hall–Kier alpha value is 0.350. The lowest BCUT2D eigenvalue weighted by molar-refractivity contribution is 0.239. The summed E-state index contributed by atoms with van der Waals surface area (Å²) < 4.78 is 0. The predicted molar refractivity (Wildman–Crippen MR) is 65.4 cm³/mol. The topological polar surface area (TPSA) is 0 Å².